The van der Waals surface area contributed by atoms with Crippen molar-refractivity contribution in [3.63, 3.8) is 0 Å². The van der Waals surface area contributed by atoms with Gasteiger partial charge in [-0.25, -0.2) is 4.98 Å². The Morgan fingerprint density at radius 2 is 1.97 bits per heavy atom. The van der Waals surface area contributed by atoms with E-state index in [1.807, 2.05) is 37.2 Å². The van der Waals surface area contributed by atoms with Crippen molar-refractivity contribution in [2.45, 2.75) is 58.4 Å². The van der Waals surface area contributed by atoms with Gasteiger partial charge in [-0.1, -0.05) is 18.6 Å². The van der Waals surface area contributed by atoms with Gasteiger partial charge < -0.3 is 10.2 Å². The minimum atomic E-state index is 0.528. The second-order valence-corrected chi connectivity index (χ2v) is 11.4. The number of hydrogen-bond acceptors (Lipinski definition) is 5. The fourth-order valence-electron chi connectivity index (χ4n) is 7.46. The molecule has 2 bridgehead atoms. The highest BCUT2D eigenvalue weighted by molar-refractivity contribution is 5.60. The van der Waals surface area contributed by atoms with Crippen LogP contribution in [-0.4, -0.2) is 50.3 Å². The first kappa shape index (κ1) is 20.4. The molecule has 6 nitrogen and oxygen atoms in total. The highest BCUT2D eigenvalue weighted by atomic mass is 15.3. The zero-order valence-corrected chi connectivity index (χ0v) is 19.7. The van der Waals surface area contributed by atoms with Crippen LogP contribution in [-0.2, 0) is 7.05 Å². The van der Waals surface area contributed by atoms with Gasteiger partial charge in [0.1, 0.15) is 5.82 Å². The summed E-state index contributed by atoms with van der Waals surface area (Å²) < 4.78 is 1.83. The number of fused-ring (bicyclic) bond motifs is 3. The van der Waals surface area contributed by atoms with Gasteiger partial charge in [0.25, 0.3) is 0 Å². The van der Waals surface area contributed by atoms with E-state index in [-0.39, 0.29) is 0 Å². The highest BCUT2D eigenvalue weighted by Gasteiger charge is 2.46. The summed E-state index contributed by atoms with van der Waals surface area (Å²) in [5.41, 5.74) is 5.24. The summed E-state index contributed by atoms with van der Waals surface area (Å²) in [5.74, 6) is 3.45. The van der Waals surface area contributed by atoms with Crippen LogP contribution in [0.25, 0.3) is 11.3 Å². The van der Waals surface area contributed by atoms with Gasteiger partial charge in [0, 0.05) is 44.5 Å². The van der Waals surface area contributed by atoms with Crippen LogP contribution in [0.5, 0.6) is 0 Å². The molecule has 2 aromatic heterocycles. The molecule has 0 amide bonds. The summed E-state index contributed by atoms with van der Waals surface area (Å²) in [6.45, 7) is 8.37. The number of hydrogen-bond donors (Lipinski definition) is 1. The number of aromatic nitrogens is 4. The first-order valence-electron chi connectivity index (χ1n) is 12.4. The topological polar surface area (TPSA) is 58.9 Å². The van der Waals surface area contributed by atoms with Crippen molar-refractivity contribution >= 4 is 5.82 Å². The predicted molar refractivity (Wildman–Crippen MR) is 127 cm³/mol. The molecule has 3 unspecified atom stereocenters. The number of allylic oxidation sites excluding steroid dienone is 2. The van der Waals surface area contributed by atoms with Gasteiger partial charge in [-0.2, -0.15) is 5.10 Å². The second kappa shape index (κ2) is 7.68. The van der Waals surface area contributed by atoms with Crippen LogP contribution in [0.15, 0.2) is 30.2 Å². The highest BCUT2D eigenvalue weighted by Crippen LogP contribution is 2.51. The van der Waals surface area contributed by atoms with Crippen LogP contribution >= 0.6 is 0 Å². The van der Waals surface area contributed by atoms with Gasteiger partial charge in [-0.15, -0.1) is 0 Å². The normalized spacial score (nSPS) is 34.0. The maximum atomic E-state index is 4.66. The van der Waals surface area contributed by atoms with E-state index >= 15 is 0 Å². The van der Waals surface area contributed by atoms with E-state index in [4.69, 9.17) is 0 Å². The largest absolute Gasteiger partial charge is 0.366 e. The zero-order chi connectivity index (χ0) is 21.9. The molecule has 3 fully saturated rings. The monoisotopic (exact) mass is 432 g/mol. The standard InChI is InChI=1S/C26H36N6/c1-17-6-19-4-5-26(9-17,10-19)16-32-13-20-7-22(8-21(20)14-32)29-25-12-27-24(11-28-25)23-15-31(3)30-18(23)2/h4,11-12,15,17,20-22H,5-10,13-14,16H2,1-3H3,(H,28,29)/t17?,20-,21+,22?,26?. The molecule has 2 saturated carbocycles. The lowest BCUT2D eigenvalue weighted by atomic mass is 9.71. The smallest absolute Gasteiger partial charge is 0.144 e. The van der Waals surface area contributed by atoms with Crippen LogP contribution in [0.3, 0.4) is 0 Å². The molecule has 0 aromatic carbocycles. The molecule has 0 radical (unpaired) electrons. The first-order chi connectivity index (χ1) is 15.4. The van der Waals surface area contributed by atoms with Gasteiger partial charge in [-0.3, -0.25) is 9.67 Å². The fourth-order valence-corrected chi connectivity index (χ4v) is 7.46. The average molecular weight is 433 g/mol. The molecule has 32 heavy (non-hydrogen) atoms. The average Bonchev–Trinajstić information content (AvgIpc) is 3.45. The lowest BCUT2D eigenvalue weighted by molar-refractivity contribution is 0.127. The maximum absolute atomic E-state index is 4.66. The third-order valence-electron chi connectivity index (χ3n) is 8.50. The third-order valence-corrected chi connectivity index (χ3v) is 8.50. The summed E-state index contributed by atoms with van der Waals surface area (Å²) in [4.78, 5) is 12.1. The number of likely N-dealkylation sites (tertiary alicyclic amines) is 1. The Hall–Kier alpha value is -2.21. The van der Waals surface area contributed by atoms with Crippen LogP contribution in [0.2, 0.25) is 0 Å². The van der Waals surface area contributed by atoms with Crippen molar-refractivity contribution in [1.82, 2.24) is 24.6 Å². The lowest BCUT2D eigenvalue weighted by Gasteiger charge is -2.39. The molecule has 1 saturated heterocycles. The van der Waals surface area contributed by atoms with Crippen LogP contribution < -0.4 is 5.32 Å². The van der Waals surface area contributed by atoms with Crippen molar-refractivity contribution in [3.05, 3.63) is 35.9 Å². The van der Waals surface area contributed by atoms with E-state index in [9.17, 15) is 0 Å². The van der Waals surface area contributed by atoms with Crippen molar-refractivity contribution < 1.29 is 0 Å². The third kappa shape index (κ3) is 3.76. The molecular weight excluding hydrogens is 396 g/mol. The van der Waals surface area contributed by atoms with E-state index in [0.717, 1.165) is 40.5 Å². The van der Waals surface area contributed by atoms with E-state index in [1.54, 1.807) is 5.57 Å². The van der Waals surface area contributed by atoms with Gasteiger partial charge in [0.15, 0.2) is 0 Å². The summed E-state index contributed by atoms with van der Waals surface area (Å²) in [6, 6.07) is 0.528. The number of nitrogens with zero attached hydrogens (tertiary/aromatic N) is 5. The summed E-state index contributed by atoms with van der Waals surface area (Å²) in [5, 5.41) is 8.08. The van der Waals surface area contributed by atoms with E-state index in [0.29, 0.717) is 11.5 Å². The Bertz CT molecular complexity index is 1010. The van der Waals surface area contributed by atoms with E-state index < -0.39 is 0 Å². The Labute approximate surface area is 191 Å². The Morgan fingerprint density at radius 3 is 2.66 bits per heavy atom. The molecule has 1 N–H and O–H groups in total. The SMILES string of the molecule is Cc1nn(C)cc1-c1cnc(NC2C[C@@H]3CN(CC45CC=C(CC(C)C4)C5)C[C@@H]3C2)cn1. The zero-order valence-electron chi connectivity index (χ0n) is 19.7. The summed E-state index contributed by atoms with van der Waals surface area (Å²) in [6.07, 6.45) is 16.3. The van der Waals surface area contributed by atoms with Gasteiger partial charge in [-0.05, 0) is 68.6 Å². The number of rotatable bonds is 5. The molecule has 5 atom stereocenters. The molecule has 3 aliphatic carbocycles. The van der Waals surface area contributed by atoms with E-state index in [2.05, 4.69) is 38.3 Å². The Kier molecular flexibility index (Phi) is 4.90. The quantitative estimate of drug-likeness (QED) is 0.708. The molecule has 2 aromatic rings. The molecule has 4 aliphatic rings. The van der Waals surface area contributed by atoms with Crippen LogP contribution in [0.1, 0.15) is 51.1 Å². The number of aryl methyl sites for hydroxylation is 2. The van der Waals surface area contributed by atoms with Crippen molar-refractivity contribution in [2.75, 3.05) is 25.0 Å². The molecule has 6 heteroatoms. The first-order valence-corrected chi connectivity index (χ1v) is 12.4. The fraction of sp³-hybridized carbons (Fsp3) is 0.654. The predicted octanol–water partition coefficient (Wildman–Crippen LogP) is 4.44. The molecule has 6 rings (SSSR count). The van der Waals surface area contributed by atoms with Crippen LogP contribution in [0.4, 0.5) is 5.82 Å². The Balaban J connectivity index is 1.03. The molecule has 170 valence electrons. The van der Waals surface area contributed by atoms with Crippen LogP contribution in [0, 0.1) is 30.1 Å². The minimum absolute atomic E-state index is 0.528. The minimum Gasteiger partial charge on any atom is -0.366 e. The summed E-state index contributed by atoms with van der Waals surface area (Å²) >= 11 is 0. The van der Waals surface area contributed by atoms with Gasteiger partial charge in [0.05, 0.1) is 23.8 Å². The molecule has 1 aliphatic heterocycles. The maximum Gasteiger partial charge on any atom is 0.144 e. The van der Waals surface area contributed by atoms with Crippen molar-refractivity contribution in [2.24, 2.45) is 30.2 Å². The molecule has 3 heterocycles. The van der Waals surface area contributed by atoms with E-state index in [1.165, 1.54) is 58.2 Å². The Morgan fingerprint density at radius 1 is 1.16 bits per heavy atom. The molecular formula is C26H36N6. The number of anilines is 1. The molecule has 0 spiro atoms. The summed E-state index contributed by atoms with van der Waals surface area (Å²) in [7, 11) is 1.94. The van der Waals surface area contributed by atoms with Crippen molar-refractivity contribution in [3.8, 4) is 11.3 Å². The number of nitrogens with one attached hydrogen (secondary N) is 1. The lowest BCUT2D eigenvalue weighted by Crippen LogP contribution is -2.38. The van der Waals surface area contributed by atoms with Gasteiger partial charge in [0.2, 0.25) is 0 Å². The van der Waals surface area contributed by atoms with Crippen molar-refractivity contribution in [1.29, 1.82) is 0 Å². The van der Waals surface area contributed by atoms with Gasteiger partial charge >= 0.3 is 0 Å². The second-order valence-electron chi connectivity index (χ2n) is 11.4.